The maximum atomic E-state index is 12.6. The molecule has 2 aliphatic heterocycles. The number of hydrogen-bond donors (Lipinski definition) is 1. The highest BCUT2D eigenvalue weighted by molar-refractivity contribution is 5.94. The van der Waals surface area contributed by atoms with Gasteiger partial charge >= 0.3 is 0 Å². The molecular formula is C14H22N4O2. The molecule has 0 bridgehead atoms. The summed E-state index contributed by atoms with van der Waals surface area (Å²) in [7, 11) is 1.83. The molecule has 6 heteroatoms. The predicted molar refractivity (Wildman–Crippen MR) is 74.5 cm³/mol. The molecule has 2 atom stereocenters. The highest BCUT2D eigenvalue weighted by Crippen LogP contribution is 2.22. The molecule has 20 heavy (non-hydrogen) atoms. The summed E-state index contributed by atoms with van der Waals surface area (Å²) in [5, 5.41) is 10.2. The molecule has 110 valence electrons. The first-order valence-electron chi connectivity index (χ1n) is 7.27. The average molecular weight is 278 g/mol. The Balaban J connectivity index is 1.74. The van der Waals surface area contributed by atoms with Gasteiger partial charge in [-0.1, -0.05) is 0 Å². The summed E-state index contributed by atoms with van der Waals surface area (Å²) in [6, 6.07) is 0.0926. The third-order valence-electron chi connectivity index (χ3n) is 4.48. The second kappa shape index (κ2) is 5.18. The Kier molecular flexibility index (Phi) is 3.52. The van der Waals surface area contributed by atoms with Crippen molar-refractivity contribution in [2.75, 3.05) is 26.2 Å². The van der Waals surface area contributed by atoms with E-state index in [-0.39, 0.29) is 11.9 Å². The lowest BCUT2D eigenvalue weighted by Gasteiger charge is -2.25. The number of nitrogens with zero attached hydrogens (tertiary/aromatic N) is 4. The number of amides is 1. The Hall–Kier alpha value is -1.40. The number of hydrogen-bond acceptors (Lipinski definition) is 4. The third-order valence-corrected chi connectivity index (χ3v) is 4.48. The highest BCUT2D eigenvalue weighted by Gasteiger charge is 2.39. The third kappa shape index (κ3) is 2.23. The quantitative estimate of drug-likeness (QED) is 0.828. The summed E-state index contributed by atoms with van der Waals surface area (Å²) >= 11 is 0. The Morgan fingerprint density at radius 3 is 2.65 bits per heavy atom. The summed E-state index contributed by atoms with van der Waals surface area (Å²) in [5.41, 5.74) is 1.37. The Morgan fingerprint density at radius 1 is 1.35 bits per heavy atom. The number of carbonyl (C=O) groups is 1. The molecular weight excluding hydrogens is 256 g/mol. The zero-order valence-electron chi connectivity index (χ0n) is 12.1. The fourth-order valence-electron chi connectivity index (χ4n) is 3.37. The molecule has 2 fully saturated rings. The van der Waals surface area contributed by atoms with E-state index in [1.807, 2.05) is 14.0 Å². The number of rotatable bonds is 2. The number of aliphatic hydroxyl groups excluding tert-OH is 1. The van der Waals surface area contributed by atoms with Crippen LogP contribution in [0.4, 0.5) is 0 Å². The molecule has 0 radical (unpaired) electrons. The van der Waals surface area contributed by atoms with Gasteiger partial charge in [0.05, 0.1) is 24.2 Å². The van der Waals surface area contributed by atoms with Crippen LogP contribution in [-0.4, -0.2) is 68.7 Å². The smallest absolute Gasteiger partial charge is 0.272 e. The van der Waals surface area contributed by atoms with Crippen molar-refractivity contribution in [3.63, 3.8) is 0 Å². The fourth-order valence-corrected chi connectivity index (χ4v) is 3.37. The Labute approximate surface area is 119 Å². The fraction of sp³-hybridized carbons (Fsp3) is 0.714. The lowest BCUT2D eigenvalue weighted by molar-refractivity contribution is 0.0753. The number of aryl methyl sites for hydroxylation is 2. The number of carbonyl (C=O) groups excluding carboxylic acids is 1. The normalized spacial score (nSPS) is 27.4. The van der Waals surface area contributed by atoms with Gasteiger partial charge in [-0.25, -0.2) is 4.98 Å². The summed E-state index contributed by atoms with van der Waals surface area (Å²) < 4.78 is 1.76. The molecule has 2 aliphatic rings. The van der Waals surface area contributed by atoms with Gasteiger partial charge in [0.2, 0.25) is 0 Å². The molecule has 0 aromatic carbocycles. The minimum atomic E-state index is -0.439. The second-order valence-corrected chi connectivity index (χ2v) is 5.88. The van der Waals surface area contributed by atoms with Crippen molar-refractivity contribution in [1.82, 2.24) is 19.4 Å². The largest absolute Gasteiger partial charge is 0.390 e. The van der Waals surface area contributed by atoms with E-state index in [4.69, 9.17) is 0 Å². The Morgan fingerprint density at radius 2 is 2.05 bits per heavy atom. The van der Waals surface area contributed by atoms with Crippen LogP contribution in [0.2, 0.25) is 0 Å². The number of imidazole rings is 1. The van der Waals surface area contributed by atoms with E-state index in [1.54, 1.807) is 15.8 Å². The summed E-state index contributed by atoms with van der Waals surface area (Å²) in [4.78, 5) is 20.8. The summed E-state index contributed by atoms with van der Waals surface area (Å²) in [6.07, 6.45) is 3.61. The first-order chi connectivity index (χ1) is 9.58. The van der Waals surface area contributed by atoms with Crippen molar-refractivity contribution in [3.05, 3.63) is 17.7 Å². The van der Waals surface area contributed by atoms with Crippen LogP contribution in [0.3, 0.4) is 0 Å². The van der Waals surface area contributed by atoms with Crippen molar-refractivity contribution in [2.24, 2.45) is 7.05 Å². The predicted octanol–water partition coefficient (Wildman–Crippen LogP) is 0.00962. The van der Waals surface area contributed by atoms with E-state index in [0.29, 0.717) is 18.8 Å². The molecule has 1 amide bonds. The lowest BCUT2D eigenvalue weighted by atomic mass is 10.2. The van der Waals surface area contributed by atoms with Crippen molar-refractivity contribution in [3.8, 4) is 0 Å². The molecule has 3 rings (SSSR count). The number of aromatic nitrogens is 2. The van der Waals surface area contributed by atoms with Gasteiger partial charge < -0.3 is 14.6 Å². The summed E-state index contributed by atoms with van der Waals surface area (Å²) in [6.45, 7) is 4.95. The van der Waals surface area contributed by atoms with Crippen LogP contribution in [-0.2, 0) is 7.05 Å². The molecule has 0 unspecified atom stereocenters. The van der Waals surface area contributed by atoms with Crippen LogP contribution in [0.5, 0.6) is 0 Å². The number of likely N-dealkylation sites (tertiary alicyclic amines) is 2. The highest BCUT2D eigenvalue weighted by atomic mass is 16.3. The van der Waals surface area contributed by atoms with Gasteiger partial charge in [0, 0.05) is 20.1 Å². The molecule has 0 aliphatic carbocycles. The first kappa shape index (κ1) is 13.6. The molecule has 3 heterocycles. The molecule has 0 saturated carbocycles. The molecule has 2 saturated heterocycles. The maximum absolute atomic E-state index is 12.6. The van der Waals surface area contributed by atoms with Gasteiger partial charge in [0.25, 0.3) is 5.91 Å². The topological polar surface area (TPSA) is 61.6 Å². The van der Waals surface area contributed by atoms with Gasteiger partial charge in [-0.15, -0.1) is 0 Å². The van der Waals surface area contributed by atoms with Crippen molar-refractivity contribution in [1.29, 1.82) is 0 Å². The van der Waals surface area contributed by atoms with E-state index < -0.39 is 6.10 Å². The van der Waals surface area contributed by atoms with Crippen molar-refractivity contribution in [2.45, 2.75) is 31.9 Å². The first-order valence-corrected chi connectivity index (χ1v) is 7.27. The average Bonchev–Trinajstić information content (AvgIpc) is 3.10. The minimum Gasteiger partial charge on any atom is -0.390 e. The van der Waals surface area contributed by atoms with Crippen LogP contribution < -0.4 is 0 Å². The van der Waals surface area contributed by atoms with Crippen LogP contribution >= 0.6 is 0 Å². The van der Waals surface area contributed by atoms with E-state index in [2.05, 4.69) is 9.88 Å². The van der Waals surface area contributed by atoms with Crippen molar-refractivity contribution >= 4 is 5.91 Å². The molecule has 1 aromatic rings. The number of aliphatic hydroxyl groups is 1. The lowest BCUT2D eigenvalue weighted by Crippen LogP contribution is -2.41. The monoisotopic (exact) mass is 278 g/mol. The van der Waals surface area contributed by atoms with Crippen LogP contribution in [0.15, 0.2) is 6.33 Å². The van der Waals surface area contributed by atoms with E-state index >= 15 is 0 Å². The standard InChI is InChI=1S/C14H22N4O2/c1-10-13(16(2)9-15-10)14(20)18-7-11(12(19)8-18)17-5-3-4-6-17/h9,11-12,19H,3-8H2,1-2H3/t11-,12-/m0/s1. The second-order valence-electron chi connectivity index (χ2n) is 5.88. The molecule has 6 nitrogen and oxygen atoms in total. The SMILES string of the molecule is Cc1ncn(C)c1C(=O)N1C[C@H](O)[C@@H](N2CCCC2)C1. The van der Waals surface area contributed by atoms with Crippen molar-refractivity contribution < 1.29 is 9.90 Å². The van der Waals surface area contributed by atoms with E-state index in [9.17, 15) is 9.90 Å². The van der Waals surface area contributed by atoms with Gasteiger partial charge in [-0.2, -0.15) is 0 Å². The molecule has 1 N–H and O–H groups in total. The van der Waals surface area contributed by atoms with Gasteiger partial charge in [-0.3, -0.25) is 9.69 Å². The maximum Gasteiger partial charge on any atom is 0.272 e. The van der Waals surface area contributed by atoms with E-state index in [0.717, 1.165) is 18.8 Å². The molecule has 1 aromatic heterocycles. The van der Waals surface area contributed by atoms with Crippen LogP contribution in [0, 0.1) is 6.92 Å². The van der Waals surface area contributed by atoms with Gasteiger partial charge in [0.1, 0.15) is 5.69 Å². The van der Waals surface area contributed by atoms with E-state index in [1.165, 1.54) is 12.8 Å². The van der Waals surface area contributed by atoms with Crippen LogP contribution in [0.1, 0.15) is 29.0 Å². The molecule has 0 spiro atoms. The summed E-state index contributed by atoms with van der Waals surface area (Å²) in [5.74, 6) is -0.0248. The zero-order valence-corrected chi connectivity index (χ0v) is 12.1. The number of β-amino-alcohol motifs (C(OH)–C–C–N with tert-alkyl or cyclic N) is 1. The minimum absolute atomic E-state index is 0.0248. The zero-order chi connectivity index (χ0) is 14.3. The van der Waals surface area contributed by atoms with Gasteiger partial charge in [0.15, 0.2) is 0 Å². The van der Waals surface area contributed by atoms with Crippen LogP contribution in [0.25, 0.3) is 0 Å². The van der Waals surface area contributed by atoms with Gasteiger partial charge in [-0.05, 0) is 32.9 Å². The Bertz CT molecular complexity index is 488.